The van der Waals surface area contributed by atoms with Crippen molar-refractivity contribution in [3.8, 4) is 0 Å². The predicted octanol–water partition coefficient (Wildman–Crippen LogP) is 1.19. The number of hydrogen-bond acceptors (Lipinski definition) is 1. The molecule has 0 heterocycles. The van der Waals surface area contributed by atoms with Crippen LogP contribution in [0.2, 0.25) is 0 Å². The largest absolute Gasteiger partial charge is 0.359 e. The van der Waals surface area contributed by atoms with E-state index in [9.17, 15) is 8.78 Å². The maximum Gasteiger partial charge on any atom is 0.359 e. The summed E-state index contributed by atoms with van der Waals surface area (Å²) in [5.41, 5.74) is 0. The molecule has 0 saturated heterocycles. The molecule has 0 rings (SSSR count). The Labute approximate surface area is 41.0 Å². The Morgan fingerprint density at radius 2 is 1.57 bits per heavy atom. The Morgan fingerprint density at radius 1 is 1.43 bits per heavy atom. The minimum atomic E-state index is -3.58. The number of hydrogen-bond donors (Lipinski definition) is 1. The van der Waals surface area contributed by atoms with Gasteiger partial charge in [0.05, 0.1) is 5.92 Å². The molecule has 7 heavy (non-hydrogen) atoms. The predicted molar refractivity (Wildman–Crippen MR) is 21.8 cm³/mol. The molecule has 0 saturated carbocycles. The summed E-state index contributed by atoms with van der Waals surface area (Å²) in [7, 11) is 0. The SMILES string of the molecule is C[C](C)C(O)(F)F. The van der Waals surface area contributed by atoms with Gasteiger partial charge in [0.2, 0.25) is 0 Å². The maximum absolute atomic E-state index is 11.4. The van der Waals surface area contributed by atoms with Crippen LogP contribution in [0.3, 0.4) is 0 Å². The van der Waals surface area contributed by atoms with Crippen LogP contribution in [0.15, 0.2) is 0 Å². The molecule has 0 aromatic heterocycles. The summed E-state index contributed by atoms with van der Waals surface area (Å²) < 4.78 is 22.7. The molecule has 0 fully saturated rings. The molecule has 3 heteroatoms. The lowest BCUT2D eigenvalue weighted by Crippen LogP contribution is -2.20. The maximum atomic E-state index is 11.4. The molecule has 0 bridgehead atoms. The first kappa shape index (κ1) is 6.82. The lowest BCUT2D eigenvalue weighted by atomic mass is 10.2. The van der Waals surface area contributed by atoms with E-state index < -0.39 is 6.11 Å². The molecule has 0 aromatic rings. The molecule has 0 aliphatic carbocycles. The molecular formula is C4H7F2O. The summed E-state index contributed by atoms with van der Waals surface area (Å²) in [6.45, 7) is 2.33. The van der Waals surface area contributed by atoms with E-state index in [0.29, 0.717) is 0 Å². The molecular weight excluding hydrogens is 102 g/mol. The molecule has 0 amide bonds. The first-order chi connectivity index (χ1) is 2.94. The monoisotopic (exact) mass is 109 g/mol. The van der Waals surface area contributed by atoms with E-state index >= 15 is 0 Å². The zero-order chi connectivity index (χ0) is 6.08. The highest BCUT2D eigenvalue weighted by atomic mass is 19.3. The van der Waals surface area contributed by atoms with Crippen LogP contribution in [0.25, 0.3) is 0 Å². The zero-order valence-corrected chi connectivity index (χ0v) is 4.20. The van der Waals surface area contributed by atoms with E-state index in [0.717, 1.165) is 0 Å². The van der Waals surface area contributed by atoms with Gasteiger partial charge in [-0.3, -0.25) is 0 Å². The van der Waals surface area contributed by atoms with Gasteiger partial charge < -0.3 is 5.11 Å². The van der Waals surface area contributed by atoms with Gasteiger partial charge in [-0.2, -0.15) is 8.78 Å². The molecule has 0 atom stereocenters. The van der Waals surface area contributed by atoms with Crippen LogP contribution in [-0.2, 0) is 0 Å². The van der Waals surface area contributed by atoms with Crippen molar-refractivity contribution in [1.82, 2.24) is 0 Å². The normalized spacial score (nSPS) is 12.9. The standard InChI is InChI=1S/C4H7F2O/c1-3(2)4(5,6)7/h7H,1-2H3. The second-order valence-electron chi connectivity index (χ2n) is 1.54. The quantitative estimate of drug-likeness (QED) is 0.536. The van der Waals surface area contributed by atoms with Crippen molar-refractivity contribution < 1.29 is 13.9 Å². The third-order valence-electron chi connectivity index (χ3n) is 0.602. The van der Waals surface area contributed by atoms with Crippen LogP contribution in [0.1, 0.15) is 13.8 Å². The Kier molecular flexibility index (Phi) is 1.69. The average Bonchev–Trinajstić information content (AvgIpc) is 1.31. The molecule has 0 spiro atoms. The van der Waals surface area contributed by atoms with Crippen molar-refractivity contribution in [1.29, 1.82) is 0 Å². The third kappa shape index (κ3) is 2.51. The second-order valence-corrected chi connectivity index (χ2v) is 1.54. The Balaban J connectivity index is 3.54. The molecule has 1 radical (unpaired) electrons. The molecule has 1 nitrogen and oxygen atoms in total. The fourth-order valence-corrected chi connectivity index (χ4v) is 0. The van der Waals surface area contributed by atoms with Crippen LogP contribution < -0.4 is 0 Å². The molecule has 1 N–H and O–H groups in total. The molecule has 0 aliphatic heterocycles. The van der Waals surface area contributed by atoms with Crippen LogP contribution in [-0.4, -0.2) is 11.2 Å². The van der Waals surface area contributed by atoms with Crippen molar-refractivity contribution in [2.75, 3.05) is 0 Å². The average molecular weight is 109 g/mol. The topological polar surface area (TPSA) is 20.2 Å². The van der Waals surface area contributed by atoms with Gasteiger partial charge in [-0.05, 0) is 0 Å². The minimum Gasteiger partial charge on any atom is -0.336 e. The van der Waals surface area contributed by atoms with Gasteiger partial charge in [-0.25, -0.2) is 0 Å². The molecule has 0 aliphatic rings. The van der Waals surface area contributed by atoms with E-state index in [-0.39, 0.29) is 5.92 Å². The fourth-order valence-electron chi connectivity index (χ4n) is 0. The van der Waals surface area contributed by atoms with Crippen LogP contribution in [0, 0.1) is 5.92 Å². The molecule has 43 valence electrons. The van der Waals surface area contributed by atoms with Gasteiger partial charge >= 0.3 is 6.11 Å². The van der Waals surface area contributed by atoms with Crippen LogP contribution in [0.5, 0.6) is 0 Å². The van der Waals surface area contributed by atoms with Crippen LogP contribution >= 0.6 is 0 Å². The highest BCUT2D eigenvalue weighted by molar-refractivity contribution is 4.85. The number of halogens is 2. The summed E-state index contributed by atoms with van der Waals surface area (Å²) in [5, 5.41) is 7.72. The first-order valence-electron chi connectivity index (χ1n) is 1.85. The van der Waals surface area contributed by atoms with Gasteiger partial charge in [-0.1, -0.05) is 13.8 Å². The lowest BCUT2D eigenvalue weighted by molar-refractivity contribution is -0.182. The van der Waals surface area contributed by atoms with E-state index in [1.807, 2.05) is 0 Å². The van der Waals surface area contributed by atoms with Gasteiger partial charge in [0.25, 0.3) is 0 Å². The van der Waals surface area contributed by atoms with Gasteiger partial charge in [0, 0.05) is 0 Å². The Hall–Kier alpha value is -0.180. The summed E-state index contributed by atoms with van der Waals surface area (Å²) in [4.78, 5) is 0. The fraction of sp³-hybridized carbons (Fsp3) is 0.750. The smallest absolute Gasteiger partial charge is 0.336 e. The van der Waals surface area contributed by atoms with Crippen molar-refractivity contribution in [3.05, 3.63) is 5.92 Å². The highest BCUT2D eigenvalue weighted by Crippen LogP contribution is 2.20. The van der Waals surface area contributed by atoms with E-state index in [2.05, 4.69) is 0 Å². The Bertz CT molecular complexity index is 55.2. The molecule has 0 unspecified atom stereocenters. The Morgan fingerprint density at radius 3 is 1.57 bits per heavy atom. The molecule has 0 aromatic carbocycles. The summed E-state index contributed by atoms with van der Waals surface area (Å²) in [5.74, 6) is -0.285. The van der Waals surface area contributed by atoms with Gasteiger partial charge in [-0.15, -0.1) is 0 Å². The van der Waals surface area contributed by atoms with Crippen molar-refractivity contribution in [2.24, 2.45) is 0 Å². The van der Waals surface area contributed by atoms with Crippen LogP contribution in [0.4, 0.5) is 8.78 Å². The number of rotatable bonds is 1. The van der Waals surface area contributed by atoms with Crippen molar-refractivity contribution in [3.63, 3.8) is 0 Å². The minimum absolute atomic E-state index is 0.285. The summed E-state index contributed by atoms with van der Waals surface area (Å²) in [6.07, 6.45) is -3.58. The zero-order valence-electron chi connectivity index (χ0n) is 4.20. The summed E-state index contributed by atoms with van der Waals surface area (Å²) in [6, 6.07) is 0. The second kappa shape index (κ2) is 1.74. The van der Waals surface area contributed by atoms with E-state index in [4.69, 9.17) is 5.11 Å². The van der Waals surface area contributed by atoms with Gasteiger partial charge in [0.15, 0.2) is 0 Å². The summed E-state index contributed by atoms with van der Waals surface area (Å²) >= 11 is 0. The van der Waals surface area contributed by atoms with Crippen molar-refractivity contribution in [2.45, 2.75) is 20.0 Å². The number of alkyl halides is 2. The van der Waals surface area contributed by atoms with Gasteiger partial charge in [0.1, 0.15) is 0 Å². The van der Waals surface area contributed by atoms with E-state index in [1.165, 1.54) is 13.8 Å². The third-order valence-corrected chi connectivity index (χ3v) is 0.602. The number of aliphatic hydroxyl groups is 1. The first-order valence-corrected chi connectivity index (χ1v) is 1.85. The highest BCUT2D eigenvalue weighted by Gasteiger charge is 2.29. The van der Waals surface area contributed by atoms with E-state index in [1.54, 1.807) is 0 Å². The lowest BCUT2D eigenvalue weighted by Gasteiger charge is -2.09. The van der Waals surface area contributed by atoms with Crippen molar-refractivity contribution >= 4 is 0 Å².